The van der Waals surface area contributed by atoms with Crippen molar-refractivity contribution in [1.82, 2.24) is 9.55 Å². The molecule has 0 unspecified atom stereocenters. The molecule has 0 saturated carbocycles. The molecule has 0 radical (unpaired) electrons. The Kier molecular flexibility index (Phi) is 3.72. The summed E-state index contributed by atoms with van der Waals surface area (Å²) in [5.41, 5.74) is 4.28. The largest absolute Gasteiger partial charge is 0.334 e. The van der Waals surface area contributed by atoms with E-state index in [4.69, 9.17) is 0 Å². The molecule has 2 amide bonds. The van der Waals surface area contributed by atoms with Crippen molar-refractivity contribution in [3.05, 3.63) is 66.4 Å². The predicted molar refractivity (Wildman–Crippen MR) is 95.1 cm³/mol. The molecular formula is C19H17FN4O. The van der Waals surface area contributed by atoms with Gasteiger partial charge in [-0.15, -0.1) is 0 Å². The fourth-order valence-corrected chi connectivity index (χ4v) is 3.16. The van der Waals surface area contributed by atoms with Crippen molar-refractivity contribution in [3.63, 3.8) is 0 Å². The molecule has 1 aromatic heterocycles. The smallest absolute Gasteiger partial charge is 0.326 e. The number of nitrogens with zero attached hydrogens (tertiary/aromatic N) is 3. The van der Waals surface area contributed by atoms with Crippen LogP contribution < -0.4 is 10.2 Å². The Labute approximate surface area is 144 Å². The van der Waals surface area contributed by atoms with E-state index in [1.54, 1.807) is 23.5 Å². The van der Waals surface area contributed by atoms with Crippen LogP contribution in [0.25, 0.3) is 11.3 Å². The van der Waals surface area contributed by atoms with Gasteiger partial charge in [0.1, 0.15) is 5.82 Å². The summed E-state index contributed by atoms with van der Waals surface area (Å²) in [6, 6.07) is 11.9. The van der Waals surface area contributed by atoms with E-state index in [2.05, 4.69) is 10.3 Å². The van der Waals surface area contributed by atoms with E-state index in [0.29, 0.717) is 18.7 Å². The van der Waals surface area contributed by atoms with Gasteiger partial charge in [-0.2, -0.15) is 0 Å². The van der Waals surface area contributed by atoms with Crippen LogP contribution in [0.4, 0.5) is 20.6 Å². The lowest BCUT2D eigenvalue weighted by Crippen LogP contribution is -2.33. The molecule has 126 valence electrons. The molecular weight excluding hydrogens is 319 g/mol. The average molecular weight is 336 g/mol. The molecule has 25 heavy (non-hydrogen) atoms. The summed E-state index contributed by atoms with van der Waals surface area (Å²) in [5, 5.41) is 2.92. The van der Waals surface area contributed by atoms with E-state index in [-0.39, 0.29) is 11.8 Å². The SMILES string of the molecule is Cn1cncc1-c1cccc(NC(=O)N2CCc3cc(F)ccc32)c1. The van der Waals surface area contributed by atoms with Gasteiger partial charge in [0.2, 0.25) is 0 Å². The van der Waals surface area contributed by atoms with E-state index in [1.165, 1.54) is 12.1 Å². The number of hydrogen-bond acceptors (Lipinski definition) is 2. The number of anilines is 2. The lowest BCUT2D eigenvalue weighted by atomic mass is 10.1. The number of nitrogens with one attached hydrogen (secondary N) is 1. The van der Waals surface area contributed by atoms with Gasteiger partial charge in [-0.3, -0.25) is 4.90 Å². The van der Waals surface area contributed by atoms with Crippen molar-refractivity contribution in [2.24, 2.45) is 7.05 Å². The van der Waals surface area contributed by atoms with Gasteiger partial charge in [-0.05, 0) is 42.3 Å². The minimum absolute atomic E-state index is 0.215. The Morgan fingerprint density at radius 2 is 2.12 bits per heavy atom. The van der Waals surface area contributed by atoms with Crippen LogP contribution in [0.2, 0.25) is 0 Å². The van der Waals surface area contributed by atoms with Gasteiger partial charge < -0.3 is 9.88 Å². The predicted octanol–water partition coefficient (Wildman–Crippen LogP) is 3.82. The maximum Gasteiger partial charge on any atom is 0.326 e. The quantitative estimate of drug-likeness (QED) is 0.773. The molecule has 0 bridgehead atoms. The monoisotopic (exact) mass is 336 g/mol. The third-order valence-corrected chi connectivity index (χ3v) is 4.41. The summed E-state index contributed by atoms with van der Waals surface area (Å²) in [4.78, 5) is 18.4. The summed E-state index contributed by atoms with van der Waals surface area (Å²) >= 11 is 0. The molecule has 0 aliphatic carbocycles. The minimum atomic E-state index is -0.273. The zero-order valence-corrected chi connectivity index (χ0v) is 13.7. The second kappa shape index (κ2) is 6.05. The van der Waals surface area contributed by atoms with Crippen molar-refractivity contribution in [2.75, 3.05) is 16.8 Å². The zero-order chi connectivity index (χ0) is 17.4. The molecule has 2 heterocycles. The number of benzene rings is 2. The molecule has 0 spiro atoms. The van der Waals surface area contributed by atoms with Crippen LogP contribution in [0.5, 0.6) is 0 Å². The number of aryl methyl sites for hydroxylation is 1. The maximum absolute atomic E-state index is 13.3. The second-order valence-corrected chi connectivity index (χ2v) is 6.08. The van der Waals surface area contributed by atoms with Gasteiger partial charge in [0.05, 0.1) is 18.2 Å². The molecule has 2 aromatic carbocycles. The number of carbonyl (C=O) groups excluding carboxylic acids is 1. The van der Waals surface area contributed by atoms with Gasteiger partial charge >= 0.3 is 6.03 Å². The zero-order valence-electron chi connectivity index (χ0n) is 13.7. The molecule has 6 heteroatoms. The van der Waals surface area contributed by atoms with E-state index < -0.39 is 0 Å². The van der Waals surface area contributed by atoms with Crippen molar-refractivity contribution < 1.29 is 9.18 Å². The number of hydrogen-bond donors (Lipinski definition) is 1. The molecule has 1 N–H and O–H groups in total. The van der Waals surface area contributed by atoms with Gasteiger partial charge in [0.25, 0.3) is 0 Å². The van der Waals surface area contributed by atoms with Crippen molar-refractivity contribution in [3.8, 4) is 11.3 Å². The van der Waals surface area contributed by atoms with Crippen LogP contribution in [0.15, 0.2) is 55.0 Å². The highest BCUT2D eigenvalue weighted by molar-refractivity contribution is 6.03. The normalized spacial score (nSPS) is 13.0. The average Bonchev–Trinajstić information content (AvgIpc) is 3.20. The highest BCUT2D eigenvalue weighted by Crippen LogP contribution is 2.29. The number of amides is 2. The lowest BCUT2D eigenvalue weighted by molar-refractivity contribution is 0.257. The first-order valence-electron chi connectivity index (χ1n) is 8.05. The molecule has 1 aliphatic heterocycles. The summed E-state index contributed by atoms with van der Waals surface area (Å²) in [5.74, 6) is -0.273. The topological polar surface area (TPSA) is 50.2 Å². The summed E-state index contributed by atoms with van der Waals surface area (Å²) in [6.45, 7) is 0.548. The van der Waals surface area contributed by atoms with Crippen LogP contribution in [0, 0.1) is 5.82 Å². The highest BCUT2D eigenvalue weighted by atomic mass is 19.1. The van der Waals surface area contributed by atoms with Gasteiger partial charge in [-0.25, -0.2) is 14.2 Å². The third kappa shape index (κ3) is 2.87. The third-order valence-electron chi connectivity index (χ3n) is 4.41. The second-order valence-electron chi connectivity index (χ2n) is 6.08. The van der Waals surface area contributed by atoms with E-state index in [1.807, 2.05) is 35.9 Å². The van der Waals surface area contributed by atoms with Crippen molar-refractivity contribution in [2.45, 2.75) is 6.42 Å². The molecule has 4 rings (SSSR count). The number of fused-ring (bicyclic) bond motifs is 1. The highest BCUT2D eigenvalue weighted by Gasteiger charge is 2.25. The number of halogens is 1. The fourth-order valence-electron chi connectivity index (χ4n) is 3.16. The molecule has 5 nitrogen and oxygen atoms in total. The Morgan fingerprint density at radius 3 is 2.92 bits per heavy atom. The summed E-state index contributed by atoms with van der Waals surface area (Å²) < 4.78 is 15.2. The first-order chi connectivity index (χ1) is 12.1. The Balaban J connectivity index is 1.56. The summed E-state index contributed by atoms with van der Waals surface area (Å²) in [6.07, 6.45) is 4.18. The van der Waals surface area contributed by atoms with Crippen LogP contribution in [-0.2, 0) is 13.5 Å². The van der Waals surface area contributed by atoms with Crippen molar-refractivity contribution in [1.29, 1.82) is 0 Å². The van der Waals surface area contributed by atoms with Gasteiger partial charge in [0.15, 0.2) is 0 Å². The van der Waals surface area contributed by atoms with E-state index >= 15 is 0 Å². The van der Waals surface area contributed by atoms with Crippen LogP contribution >= 0.6 is 0 Å². The van der Waals surface area contributed by atoms with Crippen LogP contribution in [0.3, 0.4) is 0 Å². The Morgan fingerprint density at radius 1 is 1.24 bits per heavy atom. The Bertz CT molecular complexity index is 950. The standard InChI is InChI=1S/C19H17FN4O/c1-23-12-21-11-18(23)13-3-2-4-16(10-13)22-19(25)24-8-7-14-9-15(20)5-6-17(14)24/h2-6,9-12H,7-8H2,1H3,(H,22,25). The van der Waals surface area contributed by atoms with Gasteiger partial charge in [0, 0.05) is 30.5 Å². The molecule has 3 aromatic rings. The molecule has 1 aliphatic rings. The van der Waals surface area contributed by atoms with Crippen LogP contribution in [-0.4, -0.2) is 22.1 Å². The first kappa shape index (κ1) is 15.4. The summed E-state index contributed by atoms with van der Waals surface area (Å²) in [7, 11) is 1.92. The molecule has 0 fully saturated rings. The lowest BCUT2D eigenvalue weighted by Gasteiger charge is -2.18. The fraction of sp³-hybridized carbons (Fsp3) is 0.158. The van der Waals surface area contributed by atoms with E-state index in [9.17, 15) is 9.18 Å². The first-order valence-corrected chi connectivity index (χ1v) is 8.05. The number of urea groups is 1. The van der Waals surface area contributed by atoms with Crippen molar-refractivity contribution >= 4 is 17.4 Å². The number of carbonyl (C=O) groups is 1. The molecule has 0 saturated heterocycles. The number of imidazole rings is 1. The van der Waals surface area contributed by atoms with Gasteiger partial charge in [-0.1, -0.05) is 12.1 Å². The maximum atomic E-state index is 13.3. The Hall–Kier alpha value is -3.15. The molecule has 0 atom stereocenters. The number of rotatable bonds is 2. The number of aromatic nitrogens is 2. The van der Waals surface area contributed by atoms with Crippen LogP contribution in [0.1, 0.15) is 5.56 Å². The minimum Gasteiger partial charge on any atom is -0.334 e. The van der Waals surface area contributed by atoms with E-state index in [0.717, 1.165) is 22.5 Å².